The molecule has 0 unspecified atom stereocenters. The summed E-state index contributed by atoms with van der Waals surface area (Å²) in [6.07, 6.45) is -1.80. The standard InChI is InChI=1S/C14H17FN4O4S/c15-10-7-9(19-8-12(13(16)20)23-14(19)21)1-2-11(10)18-3-5-24(17,22)6-4-18/h1-2,7,12,17H,3-6,8H2,(H2,16,20)/t12-/m1/s1. The Kier molecular flexibility index (Phi) is 4.08. The van der Waals surface area contributed by atoms with E-state index in [2.05, 4.69) is 0 Å². The molecule has 2 amide bonds. The lowest BCUT2D eigenvalue weighted by Gasteiger charge is -2.30. The van der Waals surface area contributed by atoms with E-state index in [1.54, 1.807) is 11.0 Å². The number of hydrogen-bond acceptors (Lipinski definition) is 6. The van der Waals surface area contributed by atoms with Gasteiger partial charge in [-0.25, -0.2) is 13.4 Å². The van der Waals surface area contributed by atoms with Crippen LogP contribution in [-0.2, 0) is 19.3 Å². The van der Waals surface area contributed by atoms with E-state index < -0.39 is 33.7 Å². The molecule has 130 valence electrons. The van der Waals surface area contributed by atoms with E-state index in [0.717, 1.165) is 4.90 Å². The van der Waals surface area contributed by atoms with Crippen LogP contribution in [0, 0.1) is 10.6 Å². The summed E-state index contributed by atoms with van der Waals surface area (Å²) < 4.78 is 38.5. The Labute approximate surface area is 138 Å². The number of nitrogens with one attached hydrogen (secondary N) is 1. The number of benzene rings is 1. The average molecular weight is 356 g/mol. The number of halogens is 1. The molecule has 1 aromatic rings. The number of rotatable bonds is 3. The van der Waals surface area contributed by atoms with Crippen molar-refractivity contribution in [2.45, 2.75) is 6.10 Å². The quantitative estimate of drug-likeness (QED) is 0.818. The van der Waals surface area contributed by atoms with Gasteiger partial charge >= 0.3 is 6.09 Å². The maximum absolute atomic E-state index is 14.4. The van der Waals surface area contributed by atoms with Crippen molar-refractivity contribution in [2.75, 3.05) is 40.9 Å². The fourth-order valence-corrected chi connectivity index (χ4v) is 3.95. The van der Waals surface area contributed by atoms with E-state index in [-0.39, 0.29) is 23.7 Å². The third-order valence-corrected chi connectivity index (χ3v) is 5.78. The molecule has 0 aliphatic carbocycles. The van der Waals surface area contributed by atoms with Gasteiger partial charge in [-0.3, -0.25) is 14.5 Å². The predicted molar refractivity (Wildman–Crippen MR) is 86.0 cm³/mol. The Bertz CT molecular complexity index is 784. The summed E-state index contributed by atoms with van der Waals surface area (Å²) >= 11 is 0. The van der Waals surface area contributed by atoms with Crippen molar-refractivity contribution in [3.8, 4) is 0 Å². The third-order valence-electron chi connectivity index (χ3n) is 4.09. The largest absolute Gasteiger partial charge is 0.434 e. The number of ether oxygens (including phenoxy) is 1. The second kappa shape index (κ2) is 5.93. The summed E-state index contributed by atoms with van der Waals surface area (Å²) in [4.78, 5) is 25.7. The van der Waals surface area contributed by atoms with Gasteiger partial charge in [-0.15, -0.1) is 0 Å². The van der Waals surface area contributed by atoms with Gasteiger partial charge in [0, 0.05) is 34.3 Å². The van der Waals surface area contributed by atoms with Gasteiger partial charge in [0.25, 0.3) is 5.91 Å². The lowest BCUT2D eigenvalue weighted by molar-refractivity contribution is -0.124. The molecule has 3 rings (SSSR count). The van der Waals surface area contributed by atoms with Crippen molar-refractivity contribution in [3.05, 3.63) is 24.0 Å². The molecule has 0 saturated carbocycles. The predicted octanol–water partition coefficient (Wildman–Crippen LogP) is 0.503. The number of anilines is 2. The lowest BCUT2D eigenvalue weighted by Crippen LogP contribution is -2.40. The second-order valence-corrected chi connectivity index (χ2v) is 8.17. The molecule has 2 saturated heterocycles. The fraction of sp³-hybridized carbons (Fsp3) is 0.429. The summed E-state index contributed by atoms with van der Waals surface area (Å²) in [7, 11) is -2.56. The number of cyclic esters (lactones) is 1. The van der Waals surface area contributed by atoms with Crippen LogP contribution in [0.1, 0.15) is 0 Å². The Morgan fingerprint density at radius 1 is 1.38 bits per heavy atom. The van der Waals surface area contributed by atoms with Crippen molar-refractivity contribution in [1.82, 2.24) is 0 Å². The third kappa shape index (κ3) is 3.14. The highest BCUT2D eigenvalue weighted by atomic mass is 32.2. The molecule has 10 heteroatoms. The second-order valence-electron chi connectivity index (χ2n) is 5.73. The van der Waals surface area contributed by atoms with E-state index in [1.165, 1.54) is 12.1 Å². The normalized spacial score (nSPS) is 23.2. The summed E-state index contributed by atoms with van der Waals surface area (Å²) in [6, 6.07) is 4.26. The molecular formula is C14H17FN4O4S. The minimum absolute atomic E-state index is 0.0580. The maximum Gasteiger partial charge on any atom is 0.415 e. The summed E-state index contributed by atoms with van der Waals surface area (Å²) in [6.45, 7) is 0.625. The SMILES string of the molecule is N=S1(=O)CCN(c2ccc(N3C[C@H](C(N)=O)OC3=O)cc2F)CC1. The van der Waals surface area contributed by atoms with Crippen LogP contribution in [0.15, 0.2) is 18.2 Å². The van der Waals surface area contributed by atoms with Gasteiger partial charge in [0.2, 0.25) is 0 Å². The Hall–Kier alpha value is -2.36. The van der Waals surface area contributed by atoms with Gasteiger partial charge in [-0.1, -0.05) is 0 Å². The molecular weight excluding hydrogens is 339 g/mol. The van der Waals surface area contributed by atoms with Crippen molar-refractivity contribution < 1.29 is 22.9 Å². The van der Waals surface area contributed by atoms with Crippen LogP contribution in [0.25, 0.3) is 0 Å². The number of hydrogen-bond donors (Lipinski definition) is 2. The number of amides is 2. The zero-order valence-electron chi connectivity index (χ0n) is 12.7. The molecule has 2 heterocycles. The minimum Gasteiger partial charge on any atom is -0.434 e. The van der Waals surface area contributed by atoms with E-state index in [0.29, 0.717) is 18.8 Å². The first-order valence-corrected chi connectivity index (χ1v) is 9.22. The first-order valence-electron chi connectivity index (χ1n) is 7.33. The molecule has 24 heavy (non-hydrogen) atoms. The van der Waals surface area contributed by atoms with Gasteiger partial charge in [-0.2, -0.15) is 0 Å². The van der Waals surface area contributed by atoms with Crippen LogP contribution in [0.5, 0.6) is 0 Å². The van der Waals surface area contributed by atoms with Crippen LogP contribution in [-0.4, -0.2) is 53.5 Å². The zero-order valence-corrected chi connectivity index (χ0v) is 13.6. The maximum atomic E-state index is 14.4. The molecule has 0 radical (unpaired) electrons. The number of carbonyl (C=O) groups excluding carboxylic acids is 2. The van der Waals surface area contributed by atoms with Gasteiger partial charge in [0.05, 0.1) is 17.9 Å². The molecule has 1 aromatic carbocycles. The topological polar surface area (TPSA) is 117 Å². The molecule has 2 aliphatic heterocycles. The smallest absolute Gasteiger partial charge is 0.415 e. The Morgan fingerprint density at radius 2 is 2.04 bits per heavy atom. The summed E-state index contributed by atoms with van der Waals surface area (Å²) in [5.74, 6) is -0.892. The zero-order chi connectivity index (χ0) is 17.5. The van der Waals surface area contributed by atoms with Crippen molar-refractivity contribution in [3.63, 3.8) is 0 Å². The van der Waals surface area contributed by atoms with Crippen LogP contribution in [0.4, 0.5) is 20.6 Å². The van der Waals surface area contributed by atoms with E-state index in [1.807, 2.05) is 0 Å². The monoisotopic (exact) mass is 356 g/mol. The lowest BCUT2D eigenvalue weighted by atomic mass is 10.2. The van der Waals surface area contributed by atoms with Gasteiger partial charge in [-0.05, 0) is 18.2 Å². The van der Waals surface area contributed by atoms with Crippen molar-refractivity contribution in [1.29, 1.82) is 4.78 Å². The summed E-state index contributed by atoms with van der Waals surface area (Å²) in [5.41, 5.74) is 5.71. The number of primary amides is 1. The number of nitrogens with two attached hydrogens (primary N) is 1. The Morgan fingerprint density at radius 3 is 2.58 bits per heavy atom. The molecule has 3 N–H and O–H groups in total. The fourth-order valence-electron chi connectivity index (χ4n) is 2.71. The van der Waals surface area contributed by atoms with E-state index in [9.17, 15) is 18.2 Å². The van der Waals surface area contributed by atoms with Crippen molar-refractivity contribution in [2.24, 2.45) is 5.73 Å². The van der Waals surface area contributed by atoms with Crippen LogP contribution < -0.4 is 15.5 Å². The summed E-state index contributed by atoms with van der Waals surface area (Å²) in [5, 5.41) is 0. The van der Waals surface area contributed by atoms with Gasteiger partial charge < -0.3 is 15.4 Å². The molecule has 2 fully saturated rings. The average Bonchev–Trinajstić information content (AvgIpc) is 2.90. The van der Waals surface area contributed by atoms with Crippen LogP contribution in [0.2, 0.25) is 0 Å². The highest BCUT2D eigenvalue weighted by molar-refractivity contribution is 7.92. The number of nitrogens with zero attached hydrogens (tertiary/aromatic N) is 2. The molecule has 2 aliphatic rings. The van der Waals surface area contributed by atoms with E-state index >= 15 is 0 Å². The van der Waals surface area contributed by atoms with Crippen molar-refractivity contribution >= 4 is 33.1 Å². The molecule has 0 spiro atoms. The van der Waals surface area contributed by atoms with Gasteiger partial charge in [0.15, 0.2) is 6.10 Å². The van der Waals surface area contributed by atoms with E-state index in [4.69, 9.17) is 15.3 Å². The first-order chi connectivity index (χ1) is 11.3. The first kappa shape index (κ1) is 16.5. The highest BCUT2D eigenvalue weighted by Gasteiger charge is 2.36. The Balaban J connectivity index is 1.78. The molecule has 0 aromatic heterocycles. The highest BCUT2D eigenvalue weighted by Crippen LogP contribution is 2.28. The van der Waals surface area contributed by atoms with Crippen LogP contribution in [0.3, 0.4) is 0 Å². The number of carbonyl (C=O) groups is 2. The molecule has 1 atom stereocenters. The van der Waals surface area contributed by atoms with Gasteiger partial charge in [0.1, 0.15) is 5.82 Å². The molecule has 0 bridgehead atoms. The minimum atomic E-state index is -2.56. The van der Waals surface area contributed by atoms with Crippen LogP contribution >= 0.6 is 0 Å². The molecule has 8 nitrogen and oxygen atoms in total.